The fraction of sp³-hybridized carbons (Fsp3) is 0. The van der Waals surface area contributed by atoms with Gasteiger partial charge in [0.25, 0.3) is 11.6 Å². The number of benzene rings is 1. The van der Waals surface area contributed by atoms with Crippen molar-refractivity contribution in [1.82, 2.24) is 4.98 Å². The highest BCUT2D eigenvalue weighted by atomic mass is 35.5. The molecule has 7 nitrogen and oxygen atoms in total. The molecule has 0 unspecified atom stereocenters. The highest BCUT2D eigenvalue weighted by Gasteiger charge is 2.17. The van der Waals surface area contributed by atoms with Crippen LogP contribution < -0.4 is 5.32 Å². The van der Waals surface area contributed by atoms with Gasteiger partial charge in [0.05, 0.1) is 22.1 Å². The Morgan fingerprint density at radius 1 is 1.38 bits per heavy atom. The van der Waals surface area contributed by atoms with Gasteiger partial charge >= 0.3 is 0 Å². The van der Waals surface area contributed by atoms with Crippen LogP contribution in [0.4, 0.5) is 11.4 Å². The highest BCUT2D eigenvalue weighted by Crippen LogP contribution is 2.20. The molecular formula is C13H7ClN4O3. The molecule has 0 spiro atoms. The number of aromatic nitrogens is 1. The number of pyridine rings is 1. The van der Waals surface area contributed by atoms with Gasteiger partial charge in [0.2, 0.25) is 0 Å². The molecule has 0 bridgehead atoms. The lowest BCUT2D eigenvalue weighted by Gasteiger charge is -2.06. The van der Waals surface area contributed by atoms with Crippen LogP contribution in [0.2, 0.25) is 5.15 Å². The maximum Gasteiger partial charge on any atom is 0.288 e. The number of nitro groups is 1. The third-order valence-corrected chi connectivity index (χ3v) is 2.85. The summed E-state index contributed by atoms with van der Waals surface area (Å²) < 4.78 is 0. The van der Waals surface area contributed by atoms with Crippen LogP contribution in [0.3, 0.4) is 0 Å². The monoisotopic (exact) mass is 302 g/mol. The molecule has 104 valence electrons. The summed E-state index contributed by atoms with van der Waals surface area (Å²) in [5.74, 6) is -0.624. The quantitative estimate of drug-likeness (QED) is 0.532. The number of nitrogens with zero attached hydrogens (tertiary/aromatic N) is 3. The second-order valence-electron chi connectivity index (χ2n) is 3.93. The summed E-state index contributed by atoms with van der Waals surface area (Å²) in [6, 6.07) is 9.13. The molecule has 1 amide bonds. The number of nitrogens with one attached hydrogen (secondary N) is 1. The van der Waals surface area contributed by atoms with Crippen molar-refractivity contribution in [2.24, 2.45) is 0 Å². The van der Waals surface area contributed by atoms with E-state index in [0.29, 0.717) is 11.3 Å². The van der Waals surface area contributed by atoms with Gasteiger partial charge in [0, 0.05) is 11.8 Å². The summed E-state index contributed by atoms with van der Waals surface area (Å²) in [4.78, 5) is 25.7. The molecule has 2 aromatic rings. The van der Waals surface area contributed by atoms with Crippen LogP contribution in [0.15, 0.2) is 36.5 Å². The van der Waals surface area contributed by atoms with E-state index < -0.39 is 10.8 Å². The van der Waals surface area contributed by atoms with Crippen LogP contribution in [0.1, 0.15) is 15.9 Å². The highest BCUT2D eigenvalue weighted by molar-refractivity contribution is 6.33. The minimum Gasteiger partial charge on any atom is -0.322 e. The average Bonchev–Trinajstić information content (AvgIpc) is 2.48. The normalized spacial score (nSPS) is 9.71. The predicted molar refractivity (Wildman–Crippen MR) is 75.0 cm³/mol. The molecular weight excluding hydrogens is 296 g/mol. The first-order valence-electron chi connectivity index (χ1n) is 5.62. The van der Waals surface area contributed by atoms with E-state index in [1.54, 1.807) is 0 Å². The summed E-state index contributed by atoms with van der Waals surface area (Å²) >= 11 is 5.77. The van der Waals surface area contributed by atoms with Gasteiger partial charge in [-0.15, -0.1) is 0 Å². The van der Waals surface area contributed by atoms with Gasteiger partial charge in [0.1, 0.15) is 11.3 Å². The molecule has 0 aliphatic rings. The molecule has 0 atom stereocenters. The fourth-order valence-corrected chi connectivity index (χ4v) is 1.71. The van der Waals surface area contributed by atoms with Gasteiger partial charge in [-0.1, -0.05) is 11.6 Å². The Kier molecular flexibility index (Phi) is 4.11. The third-order valence-electron chi connectivity index (χ3n) is 2.55. The first-order chi connectivity index (χ1) is 10.0. The maximum absolute atomic E-state index is 12.0. The fourth-order valence-electron chi connectivity index (χ4n) is 1.52. The molecule has 0 radical (unpaired) electrons. The van der Waals surface area contributed by atoms with Crippen molar-refractivity contribution >= 4 is 28.9 Å². The van der Waals surface area contributed by atoms with Crippen LogP contribution in [-0.4, -0.2) is 15.8 Å². The summed E-state index contributed by atoms with van der Waals surface area (Å²) in [5.41, 5.74) is 0.448. The number of anilines is 1. The Balaban J connectivity index is 2.25. The van der Waals surface area contributed by atoms with Crippen LogP contribution in [0, 0.1) is 21.4 Å². The zero-order chi connectivity index (χ0) is 15.4. The summed E-state index contributed by atoms with van der Waals surface area (Å²) in [5, 5.41) is 21.7. The molecule has 2 rings (SSSR count). The van der Waals surface area contributed by atoms with E-state index in [4.69, 9.17) is 16.9 Å². The van der Waals surface area contributed by atoms with Gasteiger partial charge in [0.15, 0.2) is 0 Å². The van der Waals surface area contributed by atoms with E-state index in [9.17, 15) is 14.9 Å². The standard InChI is InChI=1S/C13H7ClN4O3/c14-12-11(5-10(7-16-12)18(20)21)13(19)17-9-3-1-8(6-15)2-4-9/h1-5,7H,(H,17,19). The molecule has 1 aromatic carbocycles. The first-order valence-corrected chi connectivity index (χ1v) is 6.00. The minimum atomic E-state index is -0.665. The molecule has 0 aliphatic carbocycles. The lowest BCUT2D eigenvalue weighted by Crippen LogP contribution is -2.13. The summed E-state index contributed by atoms with van der Waals surface area (Å²) in [6.45, 7) is 0. The average molecular weight is 303 g/mol. The molecule has 0 fully saturated rings. The molecule has 1 aromatic heterocycles. The van der Waals surface area contributed by atoms with Gasteiger partial charge in [-0.2, -0.15) is 5.26 Å². The second-order valence-corrected chi connectivity index (χ2v) is 4.29. The molecule has 0 saturated carbocycles. The minimum absolute atomic E-state index is 0.102. The lowest BCUT2D eigenvalue weighted by atomic mass is 10.2. The van der Waals surface area contributed by atoms with E-state index in [1.165, 1.54) is 24.3 Å². The van der Waals surface area contributed by atoms with Gasteiger partial charge in [-0.25, -0.2) is 4.98 Å². The number of hydrogen-bond acceptors (Lipinski definition) is 5. The van der Waals surface area contributed by atoms with Gasteiger partial charge in [-0.05, 0) is 24.3 Å². The van der Waals surface area contributed by atoms with Crippen molar-refractivity contribution in [2.45, 2.75) is 0 Å². The van der Waals surface area contributed by atoms with Gasteiger partial charge in [-0.3, -0.25) is 14.9 Å². The van der Waals surface area contributed by atoms with E-state index in [0.717, 1.165) is 12.3 Å². The van der Waals surface area contributed by atoms with Crippen molar-refractivity contribution in [3.63, 3.8) is 0 Å². The van der Waals surface area contributed by atoms with Crippen molar-refractivity contribution in [2.75, 3.05) is 5.32 Å². The van der Waals surface area contributed by atoms with Crippen LogP contribution in [0.25, 0.3) is 0 Å². The number of rotatable bonds is 3. The van der Waals surface area contributed by atoms with E-state index in [2.05, 4.69) is 10.3 Å². The molecule has 0 aliphatic heterocycles. The summed E-state index contributed by atoms with van der Waals surface area (Å²) in [6.07, 6.45) is 0.973. The topological polar surface area (TPSA) is 109 Å². The van der Waals surface area contributed by atoms with Crippen molar-refractivity contribution in [1.29, 1.82) is 5.26 Å². The lowest BCUT2D eigenvalue weighted by molar-refractivity contribution is -0.385. The maximum atomic E-state index is 12.0. The Morgan fingerprint density at radius 3 is 2.62 bits per heavy atom. The number of hydrogen-bond donors (Lipinski definition) is 1. The first kappa shape index (κ1) is 14.4. The van der Waals surface area contributed by atoms with Gasteiger partial charge < -0.3 is 5.32 Å². The second kappa shape index (κ2) is 5.98. The molecule has 1 heterocycles. The Hall–Kier alpha value is -2.98. The molecule has 8 heteroatoms. The third kappa shape index (κ3) is 3.32. The number of nitriles is 1. The van der Waals surface area contributed by atoms with Crippen LogP contribution >= 0.6 is 11.6 Å². The number of amides is 1. The van der Waals surface area contributed by atoms with E-state index >= 15 is 0 Å². The molecule has 21 heavy (non-hydrogen) atoms. The van der Waals surface area contributed by atoms with Crippen LogP contribution in [-0.2, 0) is 0 Å². The Labute approximate surface area is 123 Å². The van der Waals surface area contributed by atoms with E-state index in [-0.39, 0.29) is 16.4 Å². The Bertz CT molecular complexity index is 753. The number of carbonyl (C=O) groups excluding carboxylic acids is 1. The SMILES string of the molecule is N#Cc1ccc(NC(=O)c2cc([N+](=O)[O-])cnc2Cl)cc1. The zero-order valence-corrected chi connectivity index (χ0v) is 11.2. The van der Waals surface area contributed by atoms with Crippen molar-refractivity contribution in [3.8, 4) is 6.07 Å². The smallest absolute Gasteiger partial charge is 0.288 e. The Morgan fingerprint density at radius 2 is 2.05 bits per heavy atom. The van der Waals surface area contributed by atoms with Crippen molar-refractivity contribution in [3.05, 3.63) is 62.9 Å². The predicted octanol–water partition coefficient (Wildman–Crippen LogP) is 2.77. The summed E-state index contributed by atoms with van der Waals surface area (Å²) in [7, 11) is 0. The largest absolute Gasteiger partial charge is 0.322 e. The number of carbonyl (C=O) groups is 1. The van der Waals surface area contributed by atoms with Crippen LogP contribution in [0.5, 0.6) is 0 Å². The van der Waals surface area contributed by atoms with E-state index in [1.807, 2.05) is 6.07 Å². The number of halogens is 1. The molecule has 1 N–H and O–H groups in total. The molecule has 0 saturated heterocycles. The zero-order valence-electron chi connectivity index (χ0n) is 10.4. The van der Waals surface area contributed by atoms with Crippen molar-refractivity contribution < 1.29 is 9.72 Å².